The lowest BCUT2D eigenvalue weighted by molar-refractivity contribution is -0.119. The predicted octanol–water partition coefficient (Wildman–Crippen LogP) is 3.75. The van der Waals surface area contributed by atoms with Crippen molar-refractivity contribution >= 4 is 28.6 Å². The summed E-state index contributed by atoms with van der Waals surface area (Å²) in [4.78, 5) is 32.3. The molecule has 8 heteroatoms. The molecule has 1 aliphatic rings. The minimum absolute atomic E-state index is 0.151. The van der Waals surface area contributed by atoms with Gasteiger partial charge in [0.15, 0.2) is 18.1 Å². The molecule has 0 saturated carbocycles. The van der Waals surface area contributed by atoms with Crippen molar-refractivity contribution in [3.63, 3.8) is 0 Å². The molecule has 2 N–H and O–H groups in total. The summed E-state index contributed by atoms with van der Waals surface area (Å²) in [5.41, 5.74) is 3.24. The molecule has 0 aliphatic carbocycles. The number of carbonyl (C=O) groups is 2. The molecule has 3 aromatic carbocycles. The number of ether oxygens (including phenoxy) is 3. The van der Waals surface area contributed by atoms with Crippen molar-refractivity contribution in [1.82, 2.24) is 9.97 Å². The number of carbonyl (C=O) groups excluding carboxylic acids is 2. The van der Waals surface area contributed by atoms with Crippen LogP contribution in [0.1, 0.15) is 10.4 Å². The maximum Gasteiger partial charge on any atom is 0.338 e. The number of nitrogens with zero attached hydrogens (tertiary/aromatic N) is 1. The Bertz CT molecular complexity index is 1280. The van der Waals surface area contributed by atoms with Crippen molar-refractivity contribution in [3.05, 3.63) is 72.3 Å². The molecule has 4 aromatic rings. The molecule has 5 rings (SSSR count). The maximum absolute atomic E-state index is 12.4. The fraction of sp³-hybridized carbons (Fsp3) is 0.0870. The van der Waals surface area contributed by atoms with Crippen molar-refractivity contribution < 1.29 is 23.8 Å². The van der Waals surface area contributed by atoms with Crippen LogP contribution in [0.3, 0.4) is 0 Å². The Morgan fingerprint density at radius 1 is 1.00 bits per heavy atom. The molecule has 0 fully saturated rings. The standard InChI is InChI=1S/C23H17N3O5/c27-21(24-16-7-9-19-20(11-16)31-13-30-19)12-29-23(28)15-6-8-17-18(10-15)26-22(25-17)14-4-2-1-3-5-14/h1-11H,12-13H2,(H,24,27)(H,25,26). The Kier molecular flexibility index (Phi) is 4.72. The van der Waals surface area contributed by atoms with Gasteiger partial charge in [-0.15, -0.1) is 0 Å². The van der Waals surface area contributed by atoms with Crippen molar-refractivity contribution in [2.75, 3.05) is 18.7 Å². The van der Waals surface area contributed by atoms with E-state index in [1.807, 2.05) is 30.3 Å². The number of rotatable bonds is 5. The quantitative estimate of drug-likeness (QED) is 0.481. The lowest BCUT2D eigenvalue weighted by atomic mass is 10.2. The van der Waals surface area contributed by atoms with Gasteiger partial charge in [-0.25, -0.2) is 9.78 Å². The van der Waals surface area contributed by atoms with Gasteiger partial charge in [-0.2, -0.15) is 0 Å². The van der Waals surface area contributed by atoms with Gasteiger partial charge in [-0.1, -0.05) is 30.3 Å². The van der Waals surface area contributed by atoms with Crippen molar-refractivity contribution in [2.45, 2.75) is 0 Å². The molecule has 0 saturated heterocycles. The third-order valence-corrected chi connectivity index (χ3v) is 4.76. The summed E-state index contributed by atoms with van der Waals surface area (Å²) in [5.74, 6) is 0.829. The summed E-state index contributed by atoms with van der Waals surface area (Å²) in [6.07, 6.45) is 0. The molecule has 0 spiro atoms. The fourth-order valence-electron chi connectivity index (χ4n) is 3.26. The van der Waals surface area contributed by atoms with Gasteiger partial charge in [-0.3, -0.25) is 4.79 Å². The summed E-state index contributed by atoms with van der Waals surface area (Å²) >= 11 is 0. The number of imidazole rings is 1. The first-order valence-corrected chi connectivity index (χ1v) is 9.57. The van der Waals surface area contributed by atoms with Gasteiger partial charge in [0, 0.05) is 17.3 Å². The lowest BCUT2D eigenvalue weighted by Gasteiger charge is -2.07. The number of hydrogen-bond donors (Lipinski definition) is 2. The van der Waals surface area contributed by atoms with Gasteiger partial charge in [0.25, 0.3) is 5.91 Å². The number of anilines is 1. The average molecular weight is 415 g/mol. The van der Waals surface area contributed by atoms with Gasteiger partial charge in [0.05, 0.1) is 16.6 Å². The molecule has 154 valence electrons. The van der Waals surface area contributed by atoms with Crippen LogP contribution in [0.4, 0.5) is 5.69 Å². The SMILES string of the molecule is O=C(COC(=O)c1ccc2nc(-c3ccccc3)[nH]c2c1)Nc1ccc2c(c1)OCO2. The number of aromatic amines is 1. The third kappa shape index (κ3) is 3.91. The van der Waals surface area contributed by atoms with Gasteiger partial charge in [-0.05, 0) is 30.3 Å². The summed E-state index contributed by atoms with van der Waals surface area (Å²) < 4.78 is 15.7. The zero-order valence-electron chi connectivity index (χ0n) is 16.3. The molecular formula is C23H17N3O5. The van der Waals surface area contributed by atoms with E-state index in [-0.39, 0.29) is 6.79 Å². The first-order valence-electron chi connectivity index (χ1n) is 9.57. The molecule has 31 heavy (non-hydrogen) atoms. The van der Waals surface area contributed by atoms with Crippen LogP contribution in [0.15, 0.2) is 66.7 Å². The third-order valence-electron chi connectivity index (χ3n) is 4.76. The molecular weight excluding hydrogens is 398 g/mol. The zero-order chi connectivity index (χ0) is 21.2. The normalized spacial score (nSPS) is 12.0. The number of aromatic nitrogens is 2. The van der Waals surface area contributed by atoms with E-state index in [2.05, 4.69) is 15.3 Å². The van der Waals surface area contributed by atoms with E-state index in [1.54, 1.807) is 36.4 Å². The van der Waals surface area contributed by atoms with E-state index < -0.39 is 18.5 Å². The fourth-order valence-corrected chi connectivity index (χ4v) is 3.26. The van der Waals surface area contributed by atoms with E-state index in [1.165, 1.54) is 0 Å². The smallest absolute Gasteiger partial charge is 0.338 e. The average Bonchev–Trinajstić information content (AvgIpc) is 3.44. The van der Waals surface area contributed by atoms with Crippen molar-refractivity contribution in [3.8, 4) is 22.9 Å². The van der Waals surface area contributed by atoms with E-state index in [9.17, 15) is 9.59 Å². The maximum atomic E-state index is 12.4. The van der Waals surface area contributed by atoms with Crippen LogP contribution in [-0.2, 0) is 9.53 Å². The highest BCUT2D eigenvalue weighted by Crippen LogP contribution is 2.34. The monoisotopic (exact) mass is 415 g/mol. The highest BCUT2D eigenvalue weighted by Gasteiger charge is 2.16. The van der Waals surface area contributed by atoms with Crippen molar-refractivity contribution in [1.29, 1.82) is 0 Å². The molecule has 8 nitrogen and oxygen atoms in total. The van der Waals surface area contributed by atoms with Crippen molar-refractivity contribution in [2.24, 2.45) is 0 Å². The topological polar surface area (TPSA) is 103 Å². The summed E-state index contributed by atoms with van der Waals surface area (Å²) in [7, 11) is 0. The first-order chi connectivity index (χ1) is 15.2. The summed E-state index contributed by atoms with van der Waals surface area (Å²) in [6.45, 7) is -0.262. The molecule has 0 radical (unpaired) electrons. The number of amides is 1. The summed E-state index contributed by atoms with van der Waals surface area (Å²) in [5, 5.41) is 2.66. The summed E-state index contributed by atoms with van der Waals surface area (Å²) in [6, 6.07) is 19.8. The molecule has 1 amide bonds. The highest BCUT2D eigenvalue weighted by molar-refractivity contribution is 5.97. The van der Waals surface area contributed by atoms with Gasteiger partial charge in [0.2, 0.25) is 6.79 Å². The van der Waals surface area contributed by atoms with Gasteiger partial charge < -0.3 is 24.5 Å². The zero-order valence-corrected chi connectivity index (χ0v) is 16.3. The van der Waals surface area contributed by atoms with Crippen LogP contribution in [0.5, 0.6) is 11.5 Å². The largest absolute Gasteiger partial charge is 0.454 e. The lowest BCUT2D eigenvalue weighted by Crippen LogP contribution is -2.20. The Labute approximate surface area is 176 Å². The molecule has 0 bridgehead atoms. The minimum Gasteiger partial charge on any atom is -0.454 e. The van der Waals surface area contributed by atoms with E-state index >= 15 is 0 Å². The second kappa shape index (κ2) is 7.83. The number of benzene rings is 3. The number of esters is 1. The molecule has 1 aliphatic heterocycles. The Morgan fingerprint density at radius 3 is 2.71 bits per heavy atom. The molecule has 1 aromatic heterocycles. The van der Waals surface area contributed by atoms with Crippen LogP contribution >= 0.6 is 0 Å². The number of hydrogen-bond acceptors (Lipinski definition) is 6. The van der Waals surface area contributed by atoms with Gasteiger partial charge in [0.1, 0.15) is 5.82 Å². The number of nitrogens with one attached hydrogen (secondary N) is 2. The molecule has 0 unspecified atom stereocenters. The van der Waals surface area contributed by atoms with E-state index in [0.717, 1.165) is 11.1 Å². The highest BCUT2D eigenvalue weighted by atomic mass is 16.7. The van der Waals surface area contributed by atoms with Crippen LogP contribution in [0, 0.1) is 0 Å². The van der Waals surface area contributed by atoms with Crippen LogP contribution < -0.4 is 14.8 Å². The number of H-pyrrole nitrogens is 1. The van der Waals surface area contributed by atoms with Crippen LogP contribution in [-0.4, -0.2) is 35.2 Å². The van der Waals surface area contributed by atoms with Crippen LogP contribution in [0.25, 0.3) is 22.4 Å². The molecule has 0 atom stereocenters. The molecule has 2 heterocycles. The van der Waals surface area contributed by atoms with Crippen LogP contribution in [0.2, 0.25) is 0 Å². The van der Waals surface area contributed by atoms with Gasteiger partial charge >= 0.3 is 5.97 Å². The van der Waals surface area contributed by atoms with E-state index in [4.69, 9.17) is 14.2 Å². The Balaban J connectivity index is 1.23. The second-order valence-electron chi connectivity index (χ2n) is 6.88. The first kappa shape index (κ1) is 18.7. The number of fused-ring (bicyclic) bond motifs is 2. The predicted molar refractivity (Wildman–Crippen MR) is 113 cm³/mol. The minimum atomic E-state index is -0.599. The van der Waals surface area contributed by atoms with E-state index in [0.29, 0.717) is 34.1 Å². The second-order valence-corrected chi connectivity index (χ2v) is 6.88. The Hall–Kier alpha value is -4.33. The Morgan fingerprint density at radius 2 is 1.84 bits per heavy atom.